The summed E-state index contributed by atoms with van der Waals surface area (Å²) < 4.78 is 33.3. The first-order chi connectivity index (χ1) is 19.9. The molecule has 3 rings (SSSR count). The molecule has 1 fully saturated rings. The fourth-order valence-electron chi connectivity index (χ4n) is 4.47. The summed E-state index contributed by atoms with van der Waals surface area (Å²) in [7, 11) is -4.12. The smallest absolute Gasteiger partial charge is 0.326 e. The average Bonchev–Trinajstić information content (AvgIpc) is 3.26. The maximum Gasteiger partial charge on any atom is 0.326 e. The number of ether oxygens (including phenoxy) is 1. The van der Waals surface area contributed by atoms with Gasteiger partial charge in [0.1, 0.15) is 18.3 Å². The third-order valence-corrected chi connectivity index (χ3v) is 8.37. The van der Waals surface area contributed by atoms with Gasteiger partial charge < -0.3 is 31.5 Å². The first-order valence-electron chi connectivity index (χ1n) is 13.1. The number of nitrogens with two attached hydrogens (primary N) is 1. The van der Waals surface area contributed by atoms with Crippen LogP contribution >= 0.6 is 0 Å². The topological polar surface area (TPSA) is 216 Å². The predicted molar refractivity (Wildman–Crippen MR) is 152 cm³/mol. The fourth-order valence-corrected chi connectivity index (χ4v) is 6.22. The molecule has 15 heteroatoms. The minimum Gasteiger partial charge on any atom is -0.480 e. The van der Waals surface area contributed by atoms with Crippen molar-refractivity contribution in [3.05, 3.63) is 60.2 Å². The van der Waals surface area contributed by atoms with Gasteiger partial charge in [0, 0.05) is 25.1 Å². The zero-order valence-corrected chi connectivity index (χ0v) is 23.9. The zero-order chi connectivity index (χ0) is 30.9. The highest BCUT2D eigenvalue weighted by molar-refractivity contribution is 7.89. The molecule has 0 aliphatic carbocycles. The maximum atomic E-state index is 13.3. The third-order valence-electron chi connectivity index (χ3n) is 6.43. The lowest BCUT2D eigenvalue weighted by atomic mass is 10.0. The molecule has 4 atom stereocenters. The first kappa shape index (κ1) is 32.0. The van der Waals surface area contributed by atoms with E-state index in [1.165, 1.54) is 19.1 Å². The molecule has 2 unspecified atom stereocenters. The van der Waals surface area contributed by atoms with E-state index in [1.54, 1.807) is 55.6 Å². The second-order valence-electron chi connectivity index (χ2n) is 9.51. The number of carbonyl (C=O) groups is 3. The SMILES string of the molecule is CC1OC(C)N(S(=O)(=O)c2ccccc2)[C@@H]1C(=O)N[C@@H](Cc1ccc(NC(=O)CCCN/C(N)=N/C#N)cc1)C(=O)O. The highest BCUT2D eigenvalue weighted by atomic mass is 32.2. The average molecular weight is 600 g/mol. The van der Waals surface area contributed by atoms with Gasteiger partial charge in [0.15, 0.2) is 0 Å². The van der Waals surface area contributed by atoms with E-state index in [4.69, 9.17) is 15.7 Å². The van der Waals surface area contributed by atoms with Crippen molar-refractivity contribution < 1.29 is 32.6 Å². The Hall–Kier alpha value is -4.52. The predicted octanol–water partition coefficient (Wildman–Crippen LogP) is 0.727. The number of carbonyl (C=O) groups excluding carboxylic acids is 2. The number of hydrogen-bond donors (Lipinski definition) is 5. The summed E-state index contributed by atoms with van der Waals surface area (Å²) in [5.74, 6) is -2.38. The molecule has 6 N–H and O–H groups in total. The number of carboxylic acids is 1. The normalized spacial score (nSPS) is 19.8. The van der Waals surface area contributed by atoms with Gasteiger partial charge in [-0.25, -0.2) is 13.2 Å². The number of amides is 2. The van der Waals surface area contributed by atoms with Crippen molar-refractivity contribution in [3.8, 4) is 6.19 Å². The maximum absolute atomic E-state index is 13.3. The molecular weight excluding hydrogens is 566 g/mol. The van der Waals surface area contributed by atoms with E-state index in [9.17, 15) is 27.9 Å². The molecule has 224 valence electrons. The first-order valence-corrected chi connectivity index (χ1v) is 14.5. The molecule has 14 nitrogen and oxygen atoms in total. The summed E-state index contributed by atoms with van der Waals surface area (Å²) in [4.78, 5) is 40.8. The zero-order valence-electron chi connectivity index (χ0n) is 23.1. The molecule has 2 aromatic carbocycles. The molecular formula is C27H33N7O7S. The van der Waals surface area contributed by atoms with Gasteiger partial charge in [0.05, 0.1) is 11.0 Å². The Morgan fingerprint density at radius 2 is 1.81 bits per heavy atom. The van der Waals surface area contributed by atoms with Gasteiger partial charge >= 0.3 is 5.97 Å². The lowest BCUT2D eigenvalue weighted by Crippen LogP contribution is -2.54. The van der Waals surface area contributed by atoms with E-state index in [-0.39, 0.29) is 29.6 Å². The molecule has 2 aromatic rings. The molecule has 2 amide bonds. The summed E-state index contributed by atoms with van der Waals surface area (Å²) in [5, 5.41) is 26.1. The number of nitrogens with one attached hydrogen (secondary N) is 3. The van der Waals surface area contributed by atoms with Crippen LogP contribution in [0, 0.1) is 11.5 Å². The van der Waals surface area contributed by atoms with Crippen molar-refractivity contribution in [1.82, 2.24) is 14.9 Å². The van der Waals surface area contributed by atoms with Gasteiger partial charge in [-0.2, -0.15) is 9.57 Å². The summed E-state index contributed by atoms with van der Waals surface area (Å²) in [6.45, 7) is 3.42. The van der Waals surface area contributed by atoms with Gasteiger partial charge in [-0.05, 0) is 50.1 Å². The highest BCUT2D eigenvalue weighted by Gasteiger charge is 2.49. The van der Waals surface area contributed by atoms with Gasteiger partial charge in [0.25, 0.3) is 0 Å². The van der Waals surface area contributed by atoms with Crippen LogP contribution in [0.4, 0.5) is 5.69 Å². The number of carboxylic acid groups (broad SMARTS) is 1. The summed E-state index contributed by atoms with van der Waals surface area (Å²) >= 11 is 0. The third kappa shape index (κ3) is 8.26. The van der Waals surface area contributed by atoms with Crippen LogP contribution in [-0.2, 0) is 35.6 Å². The van der Waals surface area contributed by atoms with E-state index in [1.807, 2.05) is 0 Å². The van der Waals surface area contributed by atoms with Crippen molar-refractivity contribution in [3.63, 3.8) is 0 Å². The van der Waals surface area contributed by atoms with Crippen LogP contribution in [0.15, 0.2) is 64.5 Å². The van der Waals surface area contributed by atoms with Crippen molar-refractivity contribution >= 4 is 39.5 Å². The van der Waals surface area contributed by atoms with Crippen molar-refractivity contribution in [2.75, 3.05) is 11.9 Å². The Balaban J connectivity index is 1.62. The molecule has 1 heterocycles. The van der Waals surface area contributed by atoms with Crippen LogP contribution < -0.4 is 21.7 Å². The Morgan fingerprint density at radius 1 is 1.14 bits per heavy atom. The van der Waals surface area contributed by atoms with Crippen LogP contribution in [0.5, 0.6) is 0 Å². The molecule has 0 saturated carbocycles. The largest absolute Gasteiger partial charge is 0.480 e. The lowest BCUT2D eigenvalue weighted by Gasteiger charge is -2.27. The van der Waals surface area contributed by atoms with E-state index in [2.05, 4.69) is 20.9 Å². The van der Waals surface area contributed by atoms with E-state index in [0.29, 0.717) is 24.2 Å². The standard InChI is InChI=1S/C27H33N7O7S/c1-17-24(34(18(2)41-17)42(39,40)21-7-4-3-5-8-21)25(36)33-22(26(37)38)15-19-10-12-20(13-11-19)32-23(35)9-6-14-30-27(29)31-16-28/h3-5,7-8,10-13,17-18,22,24H,6,9,14-15H2,1-2H3,(H,32,35)(H,33,36)(H,37,38)(H3,29,30,31)/t17?,18?,22-,24-/m0/s1. The summed E-state index contributed by atoms with van der Waals surface area (Å²) in [6.07, 6.45) is 0.316. The van der Waals surface area contributed by atoms with E-state index >= 15 is 0 Å². The summed E-state index contributed by atoms with van der Waals surface area (Å²) in [5.41, 5.74) is 6.49. The van der Waals surface area contributed by atoms with Gasteiger partial charge in [-0.15, -0.1) is 4.99 Å². The summed E-state index contributed by atoms with van der Waals surface area (Å²) in [6, 6.07) is 11.4. The number of aliphatic imine (C=N–C) groups is 1. The van der Waals surface area contributed by atoms with E-state index in [0.717, 1.165) is 4.31 Å². The number of guanidine groups is 1. The number of anilines is 1. The molecule has 1 saturated heterocycles. The number of nitriles is 1. The molecule has 0 radical (unpaired) electrons. The molecule has 0 spiro atoms. The molecule has 0 aromatic heterocycles. The number of nitrogens with zero attached hydrogens (tertiary/aromatic N) is 3. The monoisotopic (exact) mass is 599 g/mol. The Kier molecular flexibility index (Phi) is 11.0. The Labute approximate surface area is 243 Å². The second-order valence-corrected chi connectivity index (χ2v) is 11.4. The number of sulfonamides is 1. The minimum atomic E-state index is -4.12. The highest BCUT2D eigenvalue weighted by Crippen LogP contribution is 2.30. The van der Waals surface area contributed by atoms with Crippen LogP contribution in [0.2, 0.25) is 0 Å². The van der Waals surface area contributed by atoms with Gasteiger partial charge in [0.2, 0.25) is 34.0 Å². The number of aliphatic carboxylic acids is 1. The Bertz CT molecular complexity index is 1440. The van der Waals surface area contributed by atoms with Crippen LogP contribution in [0.25, 0.3) is 0 Å². The van der Waals surface area contributed by atoms with Crippen molar-refractivity contribution in [2.45, 2.75) is 62.4 Å². The van der Waals surface area contributed by atoms with Gasteiger partial charge in [-0.3, -0.25) is 9.59 Å². The number of rotatable bonds is 12. The van der Waals surface area contributed by atoms with Crippen molar-refractivity contribution in [2.24, 2.45) is 10.7 Å². The fraction of sp³-hybridized carbons (Fsp3) is 0.370. The quantitative estimate of drug-likeness (QED) is 0.0997. The Morgan fingerprint density at radius 3 is 2.43 bits per heavy atom. The molecule has 42 heavy (non-hydrogen) atoms. The number of hydrogen-bond acceptors (Lipinski definition) is 8. The lowest BCUT2D eigenvalue weighted by molar-refractivity contribution is -0.142. The second kappa shape index (κ2) is 14.4. The minimum absolute atomic E-state index is 0.0132. The molecule has 1 aliphatic rings. The molecule has 1 aliphatic heterocycles. The van der Waals surface area contributed by atoms with Gasteiger partial charge in [-0.1, -0.05) is 30.3 Å². The van der Waals surface area contributed by atoms with Crippen molar-refractivity contribution in [1.29, 1.82) is 5.26 Å². The molecule has 0 bridgehead atoms. The van der Waals surface area contributed by atoms with Crippen LogP contribution in [0.3, 0.4) is 0 Å². The number of benzene rings is 2. The van der Waals surface area contributed by atoms with Crippen LogP contribution in [0.1, 0.15) is 32.3 Å². The van der Waals surface area contributed by atoms with E-state index < -0.39 is 46.3 Å². The van der Waals surface area contributed by atoms with Crippen LogP contribution in [-0.4, -0.2) is 72.5 Å².